The fourth-order valence-corrected chi connectivity index (χ4v) is 5.91. The van der Waals surface area contributed by atoms with Crippen molar-refractivity contribution in [1.29, 1.82) is 0 Å². The number of fused-ring (bicyclic) bond motifs is 1. The van der Waals surface area contributed by atoms with Crippen LogP contribution in [-0.4, -0.2) is 16.7 Å². The number of aromatic nitrogens is 1. The fraction of sp³-hybridized carbons (Fsp3) is 0.258. The Bertz CT molecular complexity index is 1380. The van der Waals surface area contributed by atoms with Crippen LogP contribution in [0.2, 0.25) is 0 Å². The van der Waals surface area contributed by atoms with Gasteiger partial charge in [0.25, 0.3) is 0 Å². The molecular formula is C31H30N2O2S. The van der Waals surface area contributed by atoms with Gasteiger partial charge in [0.15, 0.2) is 10.9 Å². The summed E-state index contributed by atoms with van der Waals surface area (Å²) in [5.41, 5.74) is 7.55. The van der Waals surface area contributed by atoms with E-state index in [1.54, 1.807) is 0 Å². The van der Waals surface area contributed by atoms with Crippen molar-refractivity contribution in [1.82, 2.24) is 4.98 Å². The zero-order chi connectivity index (χ0) is 24.9. The van der Waals surface area contributed by atoms with E-state index in [-0.39, 0.29) is 24.5 Å². The number of Topliss-reactive ketones (excluding diaryl/α,β-unsaturated/α-hetero) is 1. The van der Waals surface area contributed by atoms with Gasteiger partial charge in [-0.1, -0.05) is 66.7 Å². The summed E-state index contributed by atoms with van der Waals surface area (Å²) >= 11 is 1.50. The van der Waals surface area contributed by atoms with Crippen LogP contribution in [0.25, 0.3) is 11.3 Å². The zero-order valence-electron chi connectivity index (χ0n) is 20.5. The maximum absolute atomic E-state index is 13.0. The van der Waals surface area contributed by atoms with Crippen LogP contribution in [0, 0.1) is 6.92 Å². The summed E-state index contributed by atoms with van der Waals surface area (Å²) in [6.45, 7) is 2.00. The van der Waals surface area contributed by atoms with E-state index in [0.717, 1.165) is 46.5 Å². The molecule has 5 rings (SSSR count). The van der Waals surface area contributed by atoms with E-state index < -0.39 is 0 Å². The molecule has 1 N–H and O–H groups in total. The molecule has 3 aromatic carbocycles. The van der Waals surface area contributed by atoms with Crippen LogP contribution in [0.3, 0.4) is 0 Å². The second-order valence-electron chi connectivity index (χ2n) is 9.43. The molecule has 1 aliphatic rings. The van der Waals surface area contributed by atoms with Crippen molar-refractivity contribution < 1.29 is 9.59 Å². The van der Waals surface area contributed by atoms with Crippen LogP contribution in [0.4, 0.5) is 5.13 Å². The van der Waals surface area contributed by atoms with E-state index in [4.69, 9.17) is 4.98 Å². The smallest absolute Gasteiger partial charge is 0.226 e. The monoisotopic (exact) mass is 494 g/mol. The van der Waals surface area contributed by atoms with Crippen LogP contribution in [0.5, 0.6) is 0 Å². The van der Waals surface area contributed by atoms with Gasteiger partial charge in [-0.2, -0.15) is 0 Å². The third-order valence-corrected chi connectivity index (χ3v) is 7.74. The molecule has 0 saturated heterocycles. The Kier molecular flexibility index (Phi) is 7.38. The molecule has 0 radical (unpaired) electrons. The average Bonchev–Trinajstić information content (AvgIpc) is 3.29. The molecule has 182 valence electrons. The lowest BCUT2D eigenvalue weighted by molar-refractivity contribution is -0.116. The van der Waals surface area contributed by atoms with Gasteiger partial charge in [-0.25, -0.2) is 4.98 Å². The average molecular weight is 495 g/mol. The predicted molar refractivity (Wildman–Crippen MR) is 147 cm³/mol. The first-order valence-electron chi connectivity index (χ1n) is 12.6. The van der Waals surface area contributed by atoms with Crippen molar-refractivity contribution in [3.8, 4) is 11.3 Å². The van der Waals surface area contributed by atoms with Gasteiger partial charge >= 0.3 is 0 Å². The molecule has 0 unspecified atom stereocenters. The molecule has 0 aliphatic heterocycles. The standard InChI is InChI=1S/C31H30N2O2S/c1-21-18-24-14-8-9-15-25(24)20-26(21)27(34)16-17-29(35)32-31-33-30(23-12-6-3-7-13-23)28(36-31)19-22-10-4-2-5-11-22/h2-7,10-13,18,20H,8-9,14-17,19H2,1H3,(H,32,33,35). The minimum absolute atomic E-state index is 0.0323. The van der Waals surface area contributed by atoms with Crippen LogP contribution < -0.4 is 5.32 Å². The van der Waals surface area contributed by atoms with Gasteiger partial charge in [-0.05, 0) is 60.9 Å². The minimum Gasteiger partial charge on any atom is -0.302 e. The molecule has 0 spiro atoms. The van der Waals surface area contributed by atoms with Crippen molar-refractivity contribution >= 4 is 28.2 Å². The van der Waals surface area contributed by atoms with Crippen LogP contribution >= 0.6 is 11.3 Å². The van der Waals surface area contributed by atoms with Gasteiger partial charge in [-0.15, -0.1) is 11.3 Å². The van der Waals surface area contributed by atoms with Gasteiger partial charge in [0.2, 0.25) is 5.91 Å². The van der Waals surface area contributed by atoms with E-state index >= 15 is 0 Å². The summed E-state index contributed by atoms with van der Waals surface area (Å²) < 4.78 is 0. The molecule has 1 heterocycles. The highest BCUT2D eigenvalue weighted by Crippen LogP contribution is 2.33. The van der Waals surface area contributed by atoms with E-state index in [2.05, 4.69) is 29.6 Å². The number of thiazole rings is 1. The maximum atomic E-state index is 13.0. The summed E-state index contributed by atoms with van der Waals surface area (Å²) in [5.74, 6) is -0.150. The number of carbonyl (C=O) groups is 2. The molecule has 0 saturated carbocycles. The molecule has 1 aromatic heterocycles. The SMILES string of the molecule is Cc1cc2c(cc1C(=O)CCC(=O)Nc1nc(-c3ccccc3)c(Cc3ccccc3)s1)CCCC2. The number of hydrogen-bond acceptors (Lipinski definition) is 4. The molecule has 0 bridgehead atoms. The highest BCUT2D eigenvalue weighted by atomic mass is 32.1. The first kappa shape index (κ1) is 24.1. The van der Waals surface area contributed by atoms with Crippen molar-refractivity contribution in [2.24, 2.45) is 0 Å². The van der Waals surface area contributed by atoms with Gasteiger partial charge in [0.05, 0.1) is 5.69 Å². The lowest BCUT2D eigenvalue weighted by Gasteiger charge is -2.18. The minimum atomic E-state index is -0.182. The lowest BCUT2D eigenvalue weighted by Crippen LogP contribution is -2.14. The quantitative estimate of drug-likeness (QED) is 0.264. The van der Waals surface area contributed by atoms with E-state index in [1.807, 2.05) is 55.5 Å². The Balaban J connectivity index is 1.27. The lowest BCUT2D eigenvalue weighted by atomic mass is 9.87. The number of nitrogens with zero attached hydrogens (tertiary/aromatic N) is 1. The van der Waals surface area contributed by atoms with Crippen LogP contribution in [-0.2, 0) is 24.1 Å². The summed E-state index contributed by atoms with van der Waals surface area (Å²) in [6, 6.07) is 24.5. The number of benzene rings is 3. The Labute approximate surface area is 216 Å². The highest BCUT2D eigenvalue weighted by Gasteiger charge is 2.19. The molecule has 1 amide bonds. The zero-order valence-corrected chi connectivity index (χ0v) is 21.4. The van der Waals surface area contributed by atoms with Crippen LogP contribution in [0.1, 0.15) is 63.2 Å². The van der Waals surface area contributed by atoms with E-state index in [1.165, 1.54) is 40.9 Å². The predicted octanol–water partition coefficient (Wildman–Crippen LogP) is 7.19. The maximum Gasteiger partial charge on any atom is 0.226 e. The van der Waals surface area contributed by atoms with Gasteiger partial charge in [0, 0.05) is 35.3 Å². The Morgan fingerprint density at radius 3 is 2.28 bits per heavy atom. The Morgan fingerprint density at radius 2 is 1.56 bits per heavy atom. The summed E-state index contributed by atoms with van der Waals surface area (Å²) in [6.07, 6.45) is 5.61. The number of aryl methyl sites for hydroxylation is 3. The molecule has 0 fully saturated rings. The first-order chi connectivity index (χ1) is 17.6. The molecule has 4 nitrogen and oxygen atoms in total. The number of amides is 1. The molecular weight excluding hydrogens is 464 g/mol. The van der Waals surface area contributed by atoms with Gasteiger partial charge in [0.1, 0.15) is 0 Å². The molecule has 5 heteroatoms. The second-order valence-corrected chi connectivity index (χ2v) is 10.5. The second kappa shape index (κ2) is 11.0. The van der Waals surface area contributed by atoms with Crippen molar-refractivity contribution in [3.05, 3.63) is 105 Å². The summed E-state index contributed by atoms with van der Waals surface area (Å²) in [7, 11) is 0. The number of anilines is 1. The number of carbonyl (C=O) groups excluding carboxylic acids is 2. The third kappa shape index (κ3) is 5.63. The normalized spacial score (nSPS) is 12.7. The molecule has 0 atom stereocenters. The Hall–Kier alpha value is -3.57. The third-order valence-electron chi connectivity index (χ3n) is 6.77. The number of hydrogen-bond donors (Lipinski definition) is 1. The number of ketones is 1. The van der Waals surface area contributed by atoms with Gasteiger partial charge in [-0.3, -0.25) is 9.59 Å². The van der Waals surface area contributed by atoms with E-state index in [0.29, 0.717) is 5.13 Å². The first-order valence-corrected chi connectivity index (χ1v) is 13.4. The van der Waals surface area contributed by atoms with Gasteiger partial charge < -0.3 is 5.32 Å². The summed E-state index contributed by atoms with van der Waals surface area (Å²) in [5, 5.41) is 3.52. The van der Waals surface area contributed by atoms with Crippen molar-refractivity contribution in [2.45, 2.75) is 51.9 Å². The molecule has 4 aromatic rings. The number of rotatable bonds is 8. The topological polar surface area (TPSA) is 59.1 Å². The summed E-state index contributed by atoms with van der Waals surface area (Å²) in [4.78, 5) is 31.6. The van der Waals surface area contributed by atoms with Crippen molar-refractivity contribution in [2.75, 3.05) is 5.32 Å². The highest BCUT2D eigenvalue weighted by molar-refractivity contribution is 7.16. The fourth-order valence-electron chi connectivity index (χ4n) is 4.88. The van der Waals surface area contributed by atoms with Crippen molar-refractivity contribution in [3.63, 3.8) is 0 Å². The molecule has 36 heavy (non-hydrogen) atoms. The Morgan fingerprint density at radius 1 is 0.889 bits per heavy atom. The largest absolute Gasteiger partial charge is 0.302 e. The van der Waals surface area contributed by atoms with Crippen LogP contribution in [0.15, 0.2) is 72.8 Å². The number of nitrogens with one attached hydrogen (secondary N) is 1. The molecule has 1 aliphatic carbocycles. The van der Waals surface area contributed by atoms with E-state index in [9.17, 15) is 9.59 Å².